The van der Waals surface area contributed by atoms with Gasteiger partial charge in [0.15, 0.2) is 0 Å². The highest BCUT2D eigenvalue weighted by Gasteiger charge is 2.36. The second kappa shape index (κ2) is 8.66. The highest BCUT2D eigenvalue weighted by atomic mass is 79.9. The molecule has 0 aromatic heterocycles. The van der Waals surface area contributed by atoms with Crippen molar-refractivity contribution in [1.29, 1.82) is 0 Å². The summed E-state index contributed by atoms with van der Waals surface area (Å²) in [6, 6.07) is 10.6. The molecule has 4 nitrogen and oxygen atoms in total. The van der Waals surface area contributed by atoms with Crippen molar-refractivity contribution in [2.24, 2.45) is 5.10 Å². The Bertz CT molecular complexity index is 942. The average Bonchev–Trinajstić information content (AvgIpc) is 2.66. The van der Waals surface area contributed by atoms with Crippen molar-refractivity contribution < 1.29 is 9.18 Å². The second-order valence-electron chi connectivity index (χ2n) is 8.18. The van der Waals surface area contributed by atoms with E-state index < -0.39 is 0 Å². The Morgan fingerprint density at radius 3 is 2.79 bits per heavy atom. The van der Waals surface area contributed by atoms with Crippen molar-refractivity contribution in [1.82, 2.24) is 5.43 Å². The molecule has 1 atom stereocenters. The molecule has 0 aliphatic carbocycles. The van der Waals surface area contributed by atoms with Crippen molar-refractivity contribution in [3.8, 4) is 0 Å². The Hall–Kier alpha value is -2.21. The number of hydrogen-bond acceptors (Lipinski definition) is 3. The lowest BCUT2D eigenvalue weighted by Crippen LogP contribution is -2.48. The van der Waals surface area contributed by atoms with Crippen LogP contribution in [-0.4, -0.2) is 24.2 Å². The van der Waals surface area contributed by atoms with Crippen LogP contribution in [0.4, 0.5) is 10.1 Å². The minimum absolute atomic E-state index is 0.0124. The predicted octanol–water partition coefficient (Wildman–Crippen LogP) is 5.85. The molecule has 2 aromatic carbocycles. The van der Waals surface area contributed by atoms with Crippen LogP contribution in [0.25, 0.3) is 0 Å². The summed E-state index contributed by atoms with van der Waals surface area (Å²) in [7, 11) is 0. The lowest BCUT2D eigenvalue weighted by Gasteiger charge is -2.47. The zero-order valence-electron chi connectivity index (χ0n) is 17.3. The first-order valence-electron chi connectivity index (χ1n) is 9.93. The minimum atomic E-state index is -0.351. The Kier molecular flexibility index (Phi) is 6.42. The molecule has 1 N–H and O–H groups in total. The maximum Gasteiger partial charge on any atom is 0.272 e. The van der Waals surface area contributed by atoms with Crippen LogP contribution in [0.5, 0.6) is 0 Å². The topological polar surface area (TPSA) is 44.7 Å². The molecule has 0 spiro atoms. The van der Waals surface area contributed by atoms with E-state index in [9.17, 15) is 9.18 Å². The van der Waals surface area contributed by atoms with Crippen LogP contribution < -0.4 is 10.3 Å². The molecule has 1 aliphatic rings. The molecule has 6 heteroatoms. The molecule has 3 rings (SSSR count). The van der Waals surface area contributed by atoms with E-state index in [0.717, 1.165) is 30.6 Å². The molecular weight excluding hydrogens is 433 g/mol. The van der Waals surface area contributed by atoms with Crippen LogP contribution in [-0.2, 0) is 0 Å². The van der Waals surface area contributed by atoms with E-state index in [-0.39, 0.29) is 17.3 Å². The average molecular weight is 460 g/mol. The summed E-state index contributed by atoms with van der Waals surface area (Å²) in [5, 5.41) is 3.98. The van der Waals surface area contributed by atoms with Crippen LogP contribution in [0.2, 0.25) is 0 Å². The van der Waals surface area contributed by atoms with Gasteiger partial charge in [-0.1, -0.05) is 26.0 Å². The van der Waals surface area contributed by atoms with Crippen LogP contribution in [0.3, 0.4) is 0 Å². The molecule has 0 saturated heterocycles. The summed E-state index contributed by atoms with van der Waals surface area (Å²) in [6.45, 7) is 9.64. The van der Waals surface area contributed by atoms with E-state index in [1.54, 1.807) is 24.3 Å². The monoisotopic (exact) mass is 459 g/mol. The summed E-state index contributed by atoms with van der Waals surface area (Å²) >= 11 is 3.34. The number of rotatable bonds is 5. The van der Waals surface area contributed by atoms with Gasteiger partial charge in [0.05, 0.1) is 11.8 Å². The van der Waals surface area contributed by atoms with E-state index in [4.69, 9.17) is 0 Å². The maximum absolute atomic E-state index is 14.8. The van der Waals surface area contributed by atoms with Gasteiger partial charge in [0.1, 0.15) is 5.82 Å². The Labute approximate surface area is 180 Å². The Morgan fingerprint density at radius 1 is 1.38 bits per heavy atom. The number of nitrogens with zero attached hydrogens (tertiary/aromatic N) is 2. The van der Waals surface area contributed by atoms with Crippen LogP contribution >= 0.6 is 15.9 Å². The van der Waals surface area contributed by atoms with Gasteiger partial charge >= 0.3 is 0 Å². The van der Waals surface area contributed by atoms with Crippen molar-refractivity contribution in [3.05, 3.63) is 63.4 Å². The van der Waals surface area contributed by atoms with E-state index >= 15 is 0 Å². The molecule has 154 valence electrons. The van der Waals surface area contributed by atoms with E-state index in [1.807, 2.05) is 12.1 Å². The van der Waals surface area contributed by atoms with Gasteiger partial charge in [0.2, 0.25) is 0 Å². The van der Waals surface area contributed by atoms with Crippen molar-refractivity contribution in [3.63, 3.8) is 0 Å². The van der Waals surface area contributed by atoms with Gasteiger partial charge in [-0.05, 0) is 78.4 Å². The van der Waals surface area contributed by atoms with E-state index in [1.165, 1.54) is 6.21 Å². The molecular formula is C23H27BrFN3O. The van der Waals surface area contributed by atoms with Gasteiger partial charge < -0.3 is 4.90 Å². The predicted molar refractivity (Wildman–Crippen MR) is 120 cm³/mol. The number of carbonyl (C=O) groups excluding carboxylic acids is 1. The van der Waals surface area contributed by atoms with Crippen molar-refractivity contribution in [2.45, 2.75) is 52.0 Å². The normalized spacial score (nSPS) is 18.0. The van der Waals surface area contributed by atoms with E-state index in [2.05, 4.69) is 59.1 Å². The van der Waals surface area contributed by atoms with Gasteiger partial charge in [-0.3, -0.25) is 4.79 Å². The molecule has 29 heavy (non-hydrogen) atoms. The molecule has 1 heterocycles. The molecule has 0 bridgehead atoms. The number of hydrogen-bond donors (Lipinski definition) is 1. The summed E-state index contributed by atoms with van der Waals surface area (Å²) in [6.07, 6.45) is 3.38. The lowest BCUT2D eigenvalue weighted by molar-refractivity contribution is 0.0954. The Morgan fingerprint density at radius 2 is 2.10 bits per heavy atom. The fourth-order valence-electron chi connectivity index (χ4n) is 4.13. The number of anilines is 1. The fourth-order valence-corrected chi connectivity index (χ4v) is 4.60. The summed E-state index contributed by atoms with van der Waals surface area (Å²) in [5.41, 5.74) is 5.39. The van der Waals surface area contributed by atoms with E-state index in [0.29, 0.717) is 21.5 Å². The zero-order chi connectivity index (χ0) is 21.2. The quantitative estimate of drug-likeness (QED) is 0.449. The second-order valence-corrected chi connectivity index (χ2v) is 9.04. The molecule has 2 aromatic rings. The number of halogens is 2. The number of nitrogens with one attached hydrogen (secondary N) is 1. The molecule has 0 fully saturated rings. The molecule has 0 radical (unpaired) electrons. The molecule has 0 saturated carbocycles. The highest BCUT2D eigenvalue weighted by Crippen LogP contribution is 2.44. The van der Waals surface area contributed by atoms with Gasteiger partial charge in [-0.25, -0.2) is 9.82 Å². The number of hydrazone groups is 1. The van der Waals surface area contributed by atoms with Gasteiger partial charge in [-0.15, -0.1) is 0 Å². The number of carbonyl (C=O) groups is 1. The first kappa shape index (κ1) is 21.5. The highest BCUT2D eigenvalue weighted by molar-refractivity contribution is 9.10. The Balaban J connectivity index is 1.85. The fraction of sp³-hybridized carbons (Fsp3) is 0.391. The van der Waals surface area contributed by atoms with Gasteiger partial charge in [0, 0.05) is 27.8 Å². The van der Waals surface area contributed by atoms with Crippen molar-refractivity contribution >= 4 is 33.7 Å². The third kappa shape index (κ3) is 4.53. The summed E-state index contributed by atoms with van der Waals surface area (Å²) in [5.74, 6) is -0.374. The third-order valence-electron chi connectivity index (χ3n) is 5.44. The van der Waals surface area contributed by atoms with Crippen LogP contribution in [0.15, 0.2) is 46.0 Å². The smallest absolute Gasteiger partial charge is 0.272 e. The first-order chi connectivity index (χ1) is 13.7. The third-order valence-corrected chi connectivity index (χ3v) is 6.13. The molecule has 1 unspecified atom stereocenters. The van der Waals surface area contributed by atoms with Gasteiger partial charge in [-0.2, -0.15) is 5.10 Å². The number of amides is 1. The summed E-state index contributed by atoms with van der Waals surface area (Å²) < 4.78 is 15.5. The lowest BCUT2D eigenvalue weighted by atomic mass is 9.79. The summed E-state index contributed by atoms with van der Waals surface area (Å²) in [4.78, 5) is 14.6. The maximum atomic E-state index is 14.8. The zero-order valence-corrected chi connectivity index (χ0v) is 18.9. The first-order valence-corrected chi connectivity index (χ1v) is 10.7. The standard InChI is InChI=1S/C23H27BrFN3O/c1-5-10-28-21-12-20(25)16(11-18(21)15(2)13-23(28,3)4)14-26-27-22(29)17-8-6-7-9-19(17)24/h6-9,11-12,14-15H,5,10,13H2,1-4H3,(H,27,29)/b26-14-. The number of benzene rings is 2. The minimum Gasteiger partial charge on any atom is -0.366 e. The molecule has 1 amide bonds. The van der Waals surface area contributed by atoms with Crippen molar-refractivity contribution in [2.75, 3.05) is 11.4 Å². The van der Waals surface area contributed by atoms with Crippen LogP contribution in [0, 0.1) is 5.82 Å². The molecule has 1 aliphatic heterocycles. The SMILES string of the molecule is CCCN1c2cc(F)c(/C=N\NC(=O)c3ccccc3Br)cc2C(C)CC1(C)C. The van der Waals surface area contributed by atoms with Gasteiger partial charge in [0.25, 0.3) is 5.91 Å². The number of fused-ring (bicyclic) bond motifs is 1. The largest absolute Gasteiger partial charge is 0.366 e. The van der Waals surface area contributed by atoms with Crippen LogP contribution in [0.1, 0.15) is 67.9 Å².